The summed E-state index contributed by atoms with van der Waals surface area (Å²) in [7, 11) is 0. The van der Waals surface area contributed by atoms with Gasteiger partial charge in [0.15, 0.2) is 5.78 Å². The highest BCUT2D eigenvalue weighted by Gasteiger charge is 2.16. The Kier molecular flexibility index (Phi) is 4.94. The van der Waals surface area contributed by atoms with Crippen LogP contribution in [-0.2, 0) is 0 Å². The van der Waals surface area contributed by atoms with Crippen LogP contribution in [0.4, 0.5) is 0 Å². The molecule has 0 N–H and O–H groups in total. The first-order valence-corrected chi connectivity index (χ1v) is 7.21. The molecule has 2 nitrogen and oxygen atoms in total. The number of carbonyl (C=O) groups is 1. The van der Waals surface area contributed by atoms with Gasteiger partial charge in [-0.1, -0.05) is 48.6 Å². The van der Waals surface area contributed by atoms with Crippen molar-refractivity contribution >= 4 is 17.9 Å². The van der Waals surface area contributed by atoms with Crippen molar-refractivity contribution in [1.29, 1.82) is 0 Å². The normalized spacial score (nSPS) is 12.5. The summed E-state index contributed by atoms with van der Waals surface area (Å²) < 4.78 is 5.67. The summed E-state index contributed by atoms with van der Waals surface area (Å²) in [6, 6.07) is 13.2. The number of rotatable bonds is 4. The van der Waals surface area contributed by atoms with Gasteiger partial charge in [-0.3, -0.25) is 4.79 Å². The molecule has 0 heterocycles. The number of hydrogen-bond acceptors (Lipinski definition) is 2. The van der Waals surface area contributed by atoms with Gasteiger partial charge in [-0.15, -0.1) is 0 Å². The van der Waals surface area contributed by atoms with E-state index in [1.54, 1.807) is 0 Å². The number of carbonyl (C=O) groups excluding carboxylic acids is 1. The number of hydrogen-bond donors (Lipinski definition) is 0. The van der Waals surface area contributed by atoms with E-state index in [1.165, 1.54) is 0 Å². The van der Waals surface area contributed by atoms with Gasteiger partial charge >= 0.3 is 0 Å². The van der Waals surface area contributed by atoms with Gasteiger partial charge in [0.2, 0.25) is 0 Å². The Balaban J connectivity index is 2.74. The topological polar surface area (TPSA) is 26.3 Å². The molecule has 0 spiro atoms. The Morgan fingerprint density at radius 1 is 1.05 bits per heavy atom. The molecule has 0 aromatic heterocycles. The van der Waals surface area contributed by atoms with Crippen molar-refractivity contribution in [1.82, 2.24) is 0 Å². The molecule has 0 atom stereocenters. The third-order valence-electron chi connectivity index (χ3n) is 3.40. The molecule has 0 radical (unpaired) electrons. The molecular weight excluding hydrogens is 260 g/mol. The van der Waals surface area contributed by atoms with Crippen molar-refractivity contribution < 1.29 is 9.53 Å². The first kappa shape index (κ1) is 15.0. The van der Waals surface area contributed by atoms with E-state index in [0.717, 1.165) is 10.4 Å². The van der Waals surface area contributed by atoms with Crippen LogP contribution in [-0.4, -0.2) is 12.4 Å². The van der Waals surface area contributed by atoms with E-state index in [-0.39, 0.29) is 5.78 Å². The summed E-state index contributed by atoms with van der Waals surface area (Å²) in [5, 5.41) is 1.97. The summed E-state index contributed by atoms with van der Waals surface area (Å²) in [4.78, 5) is 12.9. The second-order valence-electron chi connectivity index (χ2n) is 4.65. The lowest BCUT2D eigenvalue weighted by molar-refractivity contribution is 0.103. The van der Waals surface area contributed by atoms with Crippen LogP contribution in [0.5, 0.6) is 5.75 Å². The number of benzene rings is 2. The van der Waals surface area contributed by atoms with Gasteiger partial charge in [0.1, 0.15) is 5.75 Å². The van der Waals surface area contributed by atoms with Crippen molar-refractivity contribution in [2.75, 3.05) is 6.61 Å². The summed E-state index contributed by atoms with van der Waals surface area (Å²) >= 11 is 0. The van der Waals surface area contributed by atoms with Gasteiger partial charge < -0.3 is 4.74 Å². The summed E-state index contributed by atoms with van der Waals surface area (Å²) in [5.74, 6) is 0.640. The Morgan fingerprint density at radius 2 is 1.76 bits per heavy atom. The fraction of sp³-hybridized carbons (Fsp3) is 0.211. The monoisotopic (exact) mass is 280 g/mol. The van der Waals surface area contributed by atoms with Crippen LogP contribution >= 0.6 is 0 Å². The molecular formula is C19H20O2. The fourth-order valence-corrected chi connectivity index (χ4v) is 2.42. The minimum absolute atomic E-state index is 0.00384. The van der Waals surface area contributed by atoms with Crippen LogP contribution in [0.2, 0.25) is 0 Å². The molecule has 0 aliphatic rings. The van der Waals surface area contributed by atoms with E-state index in [1.807, 2.05) is 75.4 Å². The molecule has 0 unspecified atom stereocenters. The summed E-state index contributed by atoms with van der Waals surface area (Å²) in [5.41, 5.74) is 1.32. The van der Waals surface area contributed by atoms with Crippen molar-refractivity contribution in [2.45, 2.75) is 20.8 Å². The number of ketones is 1. The average Bonchev–Trinajstić information content (AvgIpc) is 2.54. The zero-order valence-electron chi connectivity index (χ0n) is 12.7. The molecule has 21 heavy (non-hydrogen) atoms. The highest BCUT2D eigenvalue weighted by atomic mass is 16.5. The van der Waals surface area contributed by atoms with Gasteiger partial charge in [-0.25, -0.2) is 0 Å². The van der Waals surface area contributed by atoms with E-state index in [9.17, 15) is 4.79 Å². The zero-order valence-corrected chi connectivity index (χ0v) is 12.7. The van der Waals surface area contributed by atoms with E-state index < -0.39 is 0 Å². The lowest BCUT2D eigenvalue weighted by atomic mass is 9.98. The molecule has 0 saturated heterocycles. The van der Waals surface area contributed by atoms with Crippen LogP contribution in [0.15, 0.2) is 42.5 Å². The van der Waals surface area contributed by atoms with Gasteiger partial charge in [0.25, 0.3) is 0 Å². The number of ether oxygens (including phenoxy) is 1. The van der Waals surface area contributed by atoms with Gasteiger partial charge in [-0.05, 0) is 37.3 Å². The minimum atomic E-state index is -0.00384. The SMILES string of the molecule is C/C=c1/ccc(OCC)c(C(=O)c2ccccc2)/c1=C/C. The van der Waals surface area contributed by atoms with E-state index in [2.05, 4.69) is 0 Å². The molecule has 2 rings (SSSR count). The largest absolute Gasteiger partial charge is 0.493 e. The van der Waals surface area contributed by atoms with Crippen molar-refractivity contribution in [3.8, 4) is 5.75 Å². The first-order valence-electron chi connectivity index (χ1n) is 7.21. The van der Waals surface area contributed by atoms with Crippen LogP contribution in [0.25, 0.3) is 12.2 Å². The Morgan fingerprint density at radius 3 is 2.33 bits per heavy atom. The molecule has 0 bridgehead atoms. The molecule has 0 aliphatic carbocycles. The molecule has 0 aliphatic heterocycles. The predicted octanol–water partition coefficient (Wildman–Crippen LogP) is 2.92. The maximum absolute atomic E-state index is 12.9. The van der Waals surface area contributed by atoms with E-state index in [0.29, 0.717) is 23.5 Å². The highest BCUT2D eigenvalue weighted by molar-refractivity contribution is 6.10. The van der Waals surface area contributed by atoms with E-state index >= 15 is 0 Å². The quantitative estimate of drug-likeness (QED) is 0.805. The molecule has 2 aromatic rings. The Hall–Kier alpha value is -2.35. The van der Waals surface area contributed by atoms with Crippen molar-refractivity contribution in [3.05, 3.63) is 64.0 Å². The maximum Gasteiger partial charge on any atom is 0.197 e. The van der Waals surface area contributed by atoms with Crippen LogP contribution in [0.3, 0.4) is 0 Å². The summed E-state index contributed by atoms with van der Waals surface area (Å²) in [6.07, 6.45) is 3.97. The molecule has 0 amide bonds. The Labute approximate surface area is 125 Å². The fourth-order valence-electron chi connectivity index (χ4n) is 2.42. The van der Waals surface area contributed by atoms with Crippen LogP contribution < -0.4 is 15.2 Å². The molecule has 108 valence electrons. The van der Waals surface area contributed by atoms with Gasteiger partial charge in [0.05, 0.1) is 12.2 Å². The van der Waals surface area contributed by atoms with Crippen molar-refractivity contribution in [3.63, 3.8) is 0 Å². The maximum atomic E-state index is 12.9. The minimum Gasteiger partial charge on any atom is -0.493 e. The van der Waals surface area contributed by atoms with Gasteiger partial charge in [-0.2, -0.15) is 0 Å². The Bertz CT molecular complexity index is 743. The standard InChI is InChI=1S/C19H20O2/c1-4-14-12-13-17(21-6-3)18(16(14)5-2)19(20)15-10-8-7-9-11-15/h4-5,7-13H,6H2,1-3H3/b14-4-,16-5+. The third kappa shape index (κ3) is 3.05. The molecule has 0 saturated carbocycles. The summed E-state index contributed by atoms with van der Waals surface area (Å²) in [6.45, 7) is 6.37. The van der Waals surface area contributed by atoms with Crippen LogP contribution in [0, 0.1) is 0 Å². The smallest absolute Gasteiger partial charge is 0.197 e. The molecule has 2 aromatic carbocycles. The second-order valence-corrected chi connectivity index (χ2v) is 4.65. The average molecular weight is 280 g/mol. The first-order chi connectivity index (χ1) is 10.2. The predicted molar refractivity (Wildman–Crippen MR) is 87.0 cm³/mol. The zero-order chi connectivity index (χ0) is 15.2. The van der Waals surface area contributed by atoms with Gasteiger partial charge in [0, 0.05) is 5.56 Å². The lowest BCUT2D eigenvalue weighted by Crippen LogP contribution is -2.31. The van der Waals surface area contributed by atoms with E-state index in [4.69, 9.17) is 4.74 Å². The van der Waals surface area contributed by atoms with Crippen molar-refractivity contribution in [2.24, 2.45) is 0 Å². The molecule has 0 fully saturated rings. The second kappa shape index (κ2) is 6.89. The third-order valence-corrected chi connectivity index (χ3v) is 3.40. The highest BCUT2D eigenvalue weighted by Crippen LogP contribution is 2.17. The van der Waals surface area contributed by atoms with Crippen LogP contribution in [0.1, 0.15) is 36.7 Å². The lowest BCUT2D eigenvalue weighted by Gasteiger charge is -2.11. The molecule has 2 heteroatoms.